The molecule has 1 aliphatic heterocycles. The van der Waals surface area contributed by atoms with Crippen LogP contribution in [0.1, 0.15) is 52.4 Å². The van der Waals surface area contributed by atoms with Crippen molar-refractivity contribution in [2.45, 2.75) is 58.4 Å². The predicted molar refractivity (Wildman–Crippen MR) is 67.4 cm³/mol. The van der Waals surface area contributed by atoms with Gasteiger partial charge in [-0.05, 0) is 45.2 Å². The van der Waals surface area contributed by atoms with Gasteiger partial charge in [0.05, 0.1) is 6.04 Å². The van der Waals surface area contributed by atoms with Gasteiger partial charge in [-0.1, -0.05) is 20.3 Å². The molecule has 1 atom stereocenters. The topological polar surface area (TPSA) is 32.3 Å². The molecule has 0 spiro atoms. The maximum Gasteiger partial charge on any atom is 0.237 e. The third kappa shape index (κ3) is 4.12. The number of nitrogens with one attached hydrogen (secondary N) is 1. The molecule has 94 valence electrons. The molecular weight excluding hydrogens is 200 g/mol. The molecule has 1 heterocycles. The summed E-state index contributed by atoms with van der Waals surface area (Å²) in [5.41, 5.74) is 0. The highest BCUT2D eigenvalue weighted by Gasteiger charge is 2.25. The van der Waals surface area contributed by atoms with E-state index in [9.17, 15) is 4.79 Å². The van der Waals surface area contributed by atoms with E-state index in [1.807, 2.05) is 0 Å². The summed E-state index contributed by atoms with van der Waals surface area (Å²) in [6, 6.07) is 0.133. The van der Waals surface area contributed by atoms with E-state index in [1.54, 1.807) is 0 Å². The van der Waals surface area contributed by atoms with Gasteiger partial charge in [-0.2, -0.15) is 0 Å². The Balaban J connectivity index is 2.54. The molecule has 1 N–H and O–H groups in total. The lowest BCUT2D eigenvalue weighted by Gasteiger charge is -2.29. The molecule has 3 heteroatoms. The normalized spacial score (nSPS) is 21.9. The van der Waals surface area contributed by atoms with Gasteiger partial charge in [0, 0.05) is 6.54 Å². The summed E-state index contributed by atoms with van der Waals surface area (Å²) in [6.45, 7) is 7.38. The molecule has 0 aromatic heterocycles. The number of unbranched alkanes of at least 4 members (excludes halogenated alkanes) is 1. The van der Waals surface area contributed by atoms with Gasteiger partial charge in [0.1, 0.15) is 0 Å². The molecule has 1 unspecified atom stereocenters. The van der Waals surface area contributed by atoms with Crippen molar-refractivity contribution in [3.8, 4) is 0 Å². The maximum atomic E-state index is 11.9. The smallest absolute Gasteiger partial charge is 0.237 e. The molecule has 0 saturated carbocycles. The van der Waals surface area contributed by atoms with E-state index in [0.717, 1.165) is 38.9 Å². The highest BCUT2D eigenvalue weighted by Crippen LogP contribution is 2.13. The fraction of sp³-hybridized carbons (Fsp3) is 0.923. The Morgan fingerprint density at radius 1 is 1.25 bits per heavy atom. The molecule has 1 aliphatic rings. The van der Waals surface area contributed by atoms with Crippen LogP contribution in [0.5, 0.6) is 0 Å². The zero-order valence-electron chi connectivity index (χ0n) is 10.8. The zero-order chi connectivity index (χ0) is 11.8. The fourth-order valence-electron chi connectivity index (χ4n) is 2.34. The molecular formula is C13H26N2O. The van der Waals surface area contributed by atoms with Crippen LogP contribution in [0.3, 0.4) is 0 Å². The summed E-state index contributed by atoms with van der Waals surface area (Å²) in [6.07, 6.45) is 6.88. The number of carbonyl (C=O) groups is 1. The average Bonchev–Trinajstić information content (AvgIpc) is 2.49. The minimum absolute atomic E-state index is 0.133. The first-order valence-electron chi connectivity index (χ1n) is 6.81. The van der Waals surface area contributed by atoms with Crippen LogP contribution >= 0.6 is 0 Å². The standard InChI is InChI=1S/C13H26N2O/c1-3-5-11-15(10-4-2)12-8-6-7-9-14-13(12)16/h12H,3-11H2,1-2H3,(H,14,16). The molecule has 16 heavy (non-hydrogen) atoms. The van der Waals surface area contributed by atoms with E-state index in [0.29, 0.717) is 0 Å². The van der Waals surface area contributed by atoms with Gasteiger partial charge in [0.2, 0.25) is 5.91 Å². The Kier molecular flexibility index (Phi) is 6.46. The van der Waals surface area contributed by atoms with Crippen LogP contribution in [0.2, 0.25) is 0 Å². The lowest BCUT2D eigenvalue weighted by Crippen LogP contribution is -2.46. The predicted octanol–water partition coefficient (Wildman–Crippen LogP) is 2.17. The van der Waals surface area contributed by atoms with Crippen LogP contribution in [0.4, 0.5) is 0 Å². The van der Waals surface area contributed by atoms with E-state index in [-0.39, 0.29) is 11.9 Å². The Morgan fingerprint density at radius 2 is 2.06 bits per heavy atom. The quantitative estimate of drug-likeness (QED) is 0.753. The Labute approximate surface area is 99.6 Å². The largest absolute Gasteiger partial charge is 0.355 e. The summed E-state index contributed by atoms with van der Waals surface area (Å²) in [7, 11) is 0. The second-order valence-electron chi connectivity index (χ2n) is 4.69. The molecule has 0 radical (unpaired) electrons. The highest BCUT2D eigenvalue weighted by atomic mass is 16.2. The van der Waals surface area contributed by atoms with Gasteiger partial charge in [0.25, 0.3) is 0 Å². The maximum absolute atomic E-state index is 11.9. The number of carbonyl (C=O) groups excluding carboxylic acids is 1. The van der Waals surface area contributed by atoms with Gasteiger partial charge in [-0.3, -0.25) is 9.69 Å². The molecule has 0 aromatic carbocycles. The molecule has 0 aliphatic carbocycles. The zero-order valence-corrected chi connectivity index (χ0v) is 10.8. The SMILES string of the molecule is CCCCN(CCC)C1CCCCNC1=O. The first-order valence-corrected chi connectivity index (χ1v) is 6.81. The summed E-state index contributed by atoms with van der Waals surface area (Å²) >= 11 is 0. The van der Waals surface area contributed by atoms with Crippen LogP contribution in [0, 0.1) is 0 Å². The van der Waals surface area contributed by atoms with Crippen molar-refractivity contribution in [1.82, 2.24) is 10.2 Å². The van der Waals surface area contributed by atoms with Gasteiger partial charge in [0.15, 0.2) is 0 Å². The van der Waals surface area contributed by atoms with Crippen LogP contribution in [0.15, 0.2) is 0 Å². The van der Waals surface area contributed by atoms with Gasteiger partial charge < -0.3 is 5.32 Å². The van der Waals surface area contributed by atoms with E-state index in [1.165, 1.54) is 19.3 Å². The van der Waals surface area contributed by atoms with Crippen LogP contribution in [-0.2, 0) is 4.79 Å². The van der Waals surface area contributed by atoms with Crippen LogP contribution in [0.25, 0.3) is 0 Å². The minimum atomic E-state index is 0.133. The van der Waals surface area contributed by atoms with Crippen LogP contribution < -0.4 is 5.32 Å². The Hall–Kier alpha value is -0.570. The van der Waals surface area contributed by atoms with Crippen molar-refractivity contribution in [3.63, 3.8) is 0 Å². The van der Waals surface area contributed by atoms with E-state index >= 15 is 0 Å². The summed E-state index contributed by atoms with van der Waals surface area (Å²) in [4.78, 5) is 14.3. The van der Waals surface area contributed by atoms with Gasteiger partial charge in [-0.25, -0.2) is 0 Å². The van der Waals surface area contributed by atoms with E-state index in [2.05, 4.69) is 24.1 Å². The van der Waals surface area contributed by atoms with Gasteiger partial charge >= 0.3 is 0 Å². The van der Waals surface area contributed by atoms with Crippen molar-refractivity contribution in [2.24, 2.45) is 0 Å². The highest BCUT2D eigenvalue weighted by molar-refractivity contribution is 5.81. The Morgan fingerprint density at radius 3 is 2.75 bits per heavy atom. The van der Waals surface area contributed by atoms with Crippen molar-refractivity contribution in [1.29, 1.82) is 0 Å². The third-order valence-electron chi connectivity index (χ3n) is 3.26. The number of hydrogen-bond donors (Lipinski definition) is 1. The Bertz CT molecular complexity index is 206. The molecule has 0 aromatic rings. The second-order valence-corrected chi connectivity index (χ2v) is 4.69. The summed E-state index contributed by atoms with van der Waals surface area (Å²) in [5, 5.41) is 3.03. The molecule has 1 saturated heterocycles. The number of amides is 1. The minimum Gasteiger partial charge on any atom is -0.355 e. The number of rotatable bonds is 6. The summed E-state index contributed by atoms with van der Waals surface area (Å²) < 4.78 is 0. The van der Waals surface area contributed by atoms with Crippen molar-refractivity contribution < 1.29 is 4.79 Å². The lowest BCUT2D eigenvalue weighted by atomic mass is 10.1. The molecule has 0 bridgehead atoms. The van der Waals surface area contributed by atoms with Crippen LogP contribution in [-0.4, -0.2) is 36.5 Å². The van der Waals surface area contributed by atoms with E-state index in [4.69, 9.17) is 0 Å². The van der Waals surface area contributed by atoms with Crippen molar-refractivity contribution >= 4 is 5.91 Å². The second kappa shape index (κ2) is 7.66. The monoisotopic (exact) mass is 226 g/mol. The molecule has 1 fully saturated rings. The first-order chi connectivity index (χ1) is 7.79. The van der Waals surface area contributed by atoms with E-state index < -0.39 is 0 Å². The average molecular weight is 226 g/mol. The first kappa shape index (κ1) is 13.5. The molecule has 3 nitrogen and oxygen atoms in total. The van der Waals surface area contributed by atoms with Crippen molar-refractivity contribution in [3.05, 3.63) is 0 Å². The lowest BCUT2D eigenvalue weighted by molar-refractivity contribution is -0.126. The fourth-order valence-corrected chi connectivity index (χ4v) is 2.34. The number of nitrogens with zero attached hydrogens (tertiary/aromatic N) is 1. The van der Waals surface area contributed by atoms with Gasteiger partial charge in [-0.15, -0.1) is 0 Å². The third-order valence-corrected chi connectivity index (χ3v) is 3.26. The summed E-state index contributed by atoms with van der Waals surface area (Å²) in [5.74, 6) is 0.252. The molecule has 1 amide bonds. The van der Waals surface area contributed by atoms with Crippen molar-refractivity contribution in [2.75, 3.05) is 19.6 Å². The molecule has 1 rings (SSSR count). The number of hydrogen-bond acceptors (Lipinski definition) is 2.